The first kappa shape index (κ1) is 13.5. The van der Waals surface area contributed by atoms with Crippen LogP contribution in [0.5, 0.6) is 0 Å². The summed E-state index contributed by atoms with van der Waals surface area (Å²) in [5.74, 6) is -1.37. The Bertz CT molecular complexity index is 389. The number of aliphatic carboxylic acids is 1. The average Bonchev–Trinajstić information content (AvgIpc) is 2.64. The molecule has 1 atom stereocenters. The van der Waals surface area contributed by atoms with E-state index in [2.05, 4.69) is 5.10 Å². The molecule has 0 fully saturated rings. The highest BCUT2D eigenvalue weighted by Gasteiger charge is 2.31. The molecule has 17 heavy (non-hydrogen) atoms. The van der Waals surface area contributed by atoms with Crippen LogP contribution in [-0.2, 0) is 11.3 Å². The van der Waals surface area contributed by atoms with E-state index in [0.29, 0.717) is 6.54 Å². The lowest BCUT2D eigenvalue weighted by Gasteiger charge is -2.14. The molecule has 0 aliphatic heterocycles. The number of nitrogens with one attached hydrogen (secondary N) is 1. The molecule has 1 aromatic heterocycles. The topological polar surface area (TPSA) is 67.2 Å². The molecule has 1 unspecified atom stereocenters. The molecule has 1 heterocycles. The van der Waals surface area contributed by atoms with Crippen molar-refractivity contribution in [2.24, 2.45) is 0 Å². The van der Waals surface area contributed by atoms with E-state index in [1.165, 1.54) is 17.1 Å². The third-order valence-corrected chi connectivity index (χ3v) is 2.06. The number of aryl methyl sites for hydroxylation is 1. The van der Waals surface area contributed by atoms with Gasteiger partial charge in [0.25, 0.3) is 0 Å². The lowest BCUT2D eigenvalue weighted by atomic mass is 10.1. The van der Waals surface area contributed by atoms with E-state index in [0.717, 1.165) is 0 Å². The first-order chi connectivity index (χ1) is 7.83. The Morgan fingerprint density at radius 1 is 1.65 bits per heavy atom. The van der Waals surface area contributed by atoms with E-state index in [-0.39, 0.29) is 5.56 Å². The normalized spacial score (nSPS) is 13.6. The number of hydrogen-bond donors (Lipinski definition) is 2. The number of carbonyl (C=O) groups is 1. The Morgan fingerprint density at radius 3 is 2.71 bits per heavy atom. The lowest BCUT2D eigenvalue weighted by Crippen LogP contribution is -2.35. The van der Waals surface area contributed by atoms with Crippen LogP contribution in [0.2, 0.25) is 0 Å². The third kappa shape index (κ3) is 4.06. The van der Waals surface area contributed by atoms with Gasteiger partial charge in [0.15, 0.2) is 0 Å². The number of hydrogen-bond acceptors (Lipinski definition) is 3. The van der Waals surface area contributed by atoms with Crippen molar-refractivity contribution in [3.8, 4) is 0 Å². The molecule has 0 saturated heterocycles. The fourth-order valence-corrected chi connectivity index (χ4v) is 1.27. The number of nitrogens with zero attached hydrogens (tertiary/aromatic N) is 2. The molecule has 0 amide bonds. The fraction of sp³-hybridized carbons (Fsp3) is 0.556. The van der Waals surface area contributed by atoms with Crippen molar-refractivity contribution >= 4 is 5.97 Å². The minimum Gasteiger partial charge on any atom is -0.480 e. The maximum Gasteiger partial charge on any atom is 0.401 e. The second-order valence-electron chi connectivity index (χ2n) is 3.40. The van der Waals surface area contributed by atoms with E-state index in [4.69, 9.17) is 5.11 Å². The molecular weight excluding hydrogens is 239 g/mol. The summed E-state index contributed by atoms with van der Waals surface area (Å²) in [6, 6.07) is -1.41. The maximum atomic E-state index is 12.0. The van der Waals surface area contributed by atoms with E-state index >= 15 is 0 Å². The zero-order valence-corrected chi connectivity index (χ0v) is 9.03. The van der Waals surface area contributed by atoms with Crippen LogP contribution in [0.4, 0.5) is 13.2 Å². The molecule has 0 saturated carbocycles. The highest BCUT2D eigenvalue weighted by atomic mass is 19.4. The fourth-order valence-electron chi connectivity index (χ4n) is 1.27. The van der Waals surface area contributed by atoms with Crippen LogP contribution in [0, 0.1) is 0 Å². The summed E-state index contributed by atoms with van der Waals surface area (Å²) in [4.78, 5) is 10.8. The van der Waals surface area contributed by atoms with Crippen LogP contribution < -0.4 is 5.32 Å². The predicted molar refractivity (Wildman–Crippen MR) is 52.3 cm³/mol. The average molecular weight is 251 g/mol. The molecule has 0 aliphatic rings. The summed E-state index contributed by atoms with van der Waals surface area (Å²) in [5.41, 5.74) is 0.198. The summed E-state index contributed by atoms with van der Waals surface area (Å²) in [6.45, 7) is 0.947. The van der Waals surface area contributed by atoms with Crippen LogP contribution in [0.1, 0.15) is 18.5 Å². The SMILES string of the molecule is CCn1cc(C(NCC(F)(F)F)C(=O)O)cn1. The van der Waals surface area contributed by atoms with Gasteiger partial charge in [-0.05, 0) is 6.92 Å². The summed E-state index contributed by atoms with van der Waals surface area (Å²) >= 11 is 0. The lowest BCUT2D eigenvalue weighted by molar-refractivity contribution is -0.143. The first-order valence-electron chi connectivity index (χ1n) is 4.88. The van der Waals surface area contributed by atoms with Crippen LogP contribution >= 0.6 is 0 Å². The molecular formula is C9H12F3N3O2. The number of aromatic nitrogens is 2. The van der Waals surface area contributed by atoms with Crippen LogP contribution in [0.25, 0.3) is 0 Å². The summed E-state index contributed by atoms with van der Waals surface area (Å²) in [5, 5.41) is 14.6. The van der Waals surface area contributed by atoms with Gasteiger partial charge >= 0.3 is 12.1 Å². The largest absolute Gasteiger partial charge is 0.480 e. The second kappa shape index (κ2) is 5.17. The van der Waals surface area contributed by atoms with Gasteiger partial charge in [0, 0.05) is 18.3 Å². The van der Waals surface area contributed by atoms with Gasteiger partial charge in [-0.1, -0.05) is 0 Å². The van der Waals surface area contributed by atoms with E-state index in [1.807, 2.05) is 5.32 Å². The highest BCUT2D eigenvalue weighted by Crippen LogP contribution is 2.17. The number of carboxylic acid groups (broad SMARTS) is 1. The van der Waals surface area contributed by atoms with Crippen molar-refractivity contribution in [1.29, 1.82) is 0 Å². The van der Waals surface area contributed by atoms with Gasteiger partial charge in [-0.15, -0.1) is 0 Å². The monoisotopic (exact) mass is 251 g/mol. The molecule has 2 N–H and O–H groups in total. The van der Waals surface area contributed by atoms with Gasteiger partial charge in [0.2, 0.25) is 0 Å². The molecule has 1 rings (SSSR count). The van der Waals surface area contributed by atoms with E-state index in [9.17, 15) is 18.0 Å². The quantitative estimate of drug-likeness (QED) is 0.824. The van der Waals surface area contributed by atoms with Gasteiger partial charge in [0.05, 0.1) is 12.7 Å². The Labute approximate surface area is 95.2 Å². The minimum atomic E-state index is -4.45. The smallest absolute Gasteiger partial charge is 0.401 e. The number of halogens is 3. The molecule has 0 aliphatic carbocycles. The third-order valence-electron chi connectivity index (χ3n) is 2.06. The molecule has 0 aromatic carbocycles. The van der Waals surface area contributed by atoms with Crippen molar-refractivity contribution in [3.63, 3.8) is 0 Å². The Kier molecular flexibility index (Phi) is 4.11. The molecule has 8 heteroatoms. The van der Waals surface area contributed by atoms with Crippen molar-refractivity contribution < 1.29 is 23.1 Å². The minimum absolute atomic E-state index is 0.198. The summed E-state index contributed by atoms with van der Waals surface area (Å²) < 4.78 is 37.4. The molecule has 1 aromatic rings. The summed E-state index contributed by atoms with van der Waals surface area (Å²) in [7, 11) is 0. The van der Waals surface area contributed by atoms with Crippen molar-refractivity contribution in [2.75, 3.05) is 6.54 Å². The van der Waals surface area contributed by atoms with Crippen molar-refractivity contribution in [3.05, 3.63) is 18.0 Å². The maximum absolute atomic E-state index is 12.0. The molecule has 0 radical (unpaired) electrons. The predicted octanol–water partition coefficient (Wildman–Crippen LogP) is 1.18. The Balaban J connectivity index is 2.75. The molecule has 0 spiro atoms. The van der Waals surface area contributed by atoms with E-state index < -0.39 is 24.7 Å². The van der Waals surface area contributed by atoms with Gasteiger partial charge in [-0.3, -0.25) is 14.8 Å². The van der Waals surface area contributed by atoms with Gasteiger partial charge in [0.1, 0.15) is 6.04 Å². The van der Waals surface area contributed by atoms with Crippen LogP contribution in [-0.4, -0.2) is 33.6 Å². The number of rotatable bonds is 5. The van der Waals surface area contributed by atoms with Crippen molar-refractivity contribution in [1.82, 2.24) is 15.1 Å². The van der Waals surface area contributed by atoms with Crippen LogP contribution in [0.3, 0.4) is 0 Å². The summed E-state index contributed by atoms with van der Waals surface area (Å²) in [6.07, 6.45) is -1.80. The highest BCUT2D eigenvalue weighted by molar-refractivity contribution is 5.75. The standard InChI is InChI=1S/C9H12F3N3O2/c1-2-15-4-6(3-14-15)7(8(16)17)13-5-9(10,11)12/h3-4,7,13H,2,5H2,1H3,(H,16,17). The zero-order chi connectivity index (χ0) is 13.1. The number of carboxylic acids is 1. The van der Waals surface area contributed by atoms with Gasteiger partial charge in [-0.2, -0.15) is 18.3 Å². The molecule has 5 nitrogen and oxygen atoms in total. The zero-order valence-electron chi connectivity index (χ0n) is 9.03. The van der Waals surface area contributed by atoms with Gasteiger partial charge in [-0.25, -0.2) is 0 Å². The Morgan fingerprint density at radius 2 is 2.29 bits per heavy atom. The van der Waals surface area contributed by atoms with Crippen molar-refractivity contribution in [2.45, 2.75) is 25.7 Å². The van der Waals surface area contributed by atoms with E-state index in [1.54, 1.807) is 6.92 Å². The first-order valence-corrected chi connectivity index (χ1v) is 4.88. The number of alkyl halides is 3. The van der Waals surface area contributed by atoms with Crippen LogP contribution in [0.15, 0.2) is 12.4 Å². The Hall–Kier alpha value is -1.57. The second-order valence-corrected chi connectivity index (χ2v) is 3.40. The molecule has 96 valence electrons. The van der Waals surface area contributed by atoms with Gasteiger partial charge < -0.3 is 5.11 Å². The molecule has 0 bridgehead atoms.